The summed E-state index contributed by atoms with van der Waals surface area (Å²) in [6.45, 7) is 4.78. The first-order chi connectivity index (χ1) is 36.8. The number of carboxylic acids is 2. The number of pyridine rings is 1. The van der Waals surface area contributed by atoms with Crippen molar-refractivity contribution in [2.24, 2.45) is 7.05 Å². The number of anilines is 1. The minimum Gasteiger partial charge on any atom is -0.489 e. The van der Waals surface area contributed by atoms with Crippen LogP contribution in [0.25, 0.3) is 16.6 Å². The zero-order chi connectivity index (χ0) is 57.6. The van der Waals surface area contributed by atoms with Gasteiger partial charge in [-0.25, -0.2) is 41.7 Å². The fourth-order valence-corrected chi connectivity index (χ4v) is 8.09. The number of ether oxygens (including phenoxy) is 5. The minimum absolute atomic E-state index is 0.0498. The number of nitrogens with zero attached hydrogens (tertiary/aromatic N) is 7. The smallest absolute Gasteiger partial charge is 0.431 e. The number of aryl methyl sites for hydroxylation is 2. The topological polar surface area (TPSA) is 300 Å². The van der Waals surface area contributed by atoms with Crippen molar-refractivity contribution in [3.05, 3.63) is 157 Å². The van der Waals surface area contributed by atoms with Crippen LogP contribution >= 0.6 is 11.6 Å². The Balaban J connectivity index is 0.000000232. The van der Waals surface area contributed by atoms with Gasteiger partial charge >= 0.3 is 41.8 Å². The minimum atomic E-state index is -4.84. The Labute approximate surface area is 446 Å². The van der Waals surface area contributed by atoms with Crippen LogP contribution in [-0.4, -0.2) is 106 Å². The quantitative estimate of drug-likeness (QED) is 0.0880. The number of hydrogen-bond acceptors (Lipinski definition) is 17. The maximum Gasteiger partial charge on any atom is 0.431 e. The fourth-order valence-electron chi connectivity index (χ4n) is 6.70. The van der Waals surface area contributed by atoms with E-state index in [4.69, 9.17) is 45.5 Å². The number of urea groups is 1. The molecule has 7 aromatic rings. The largest absolute Gasteiger partial charge is 0.489 e. The molecule has 0 radical (unpaired) electrons. The third-order valence-corrected chi connectivity index (χ3v) is 12.3. The molecular weight excluding hydrogens is 1080 g/mol. The predicted molar refractivity (Wildman–Crippen MR) is 273 cm³/mol. The molecule has 3 aromatic heterocycles. The van der Waals surface area contributed by atoms with E-state index in [-0.39, 0.29) is 30.1 Å². The highest BCUT2D eigenvalue weighted by Gasteiger charge is 2.35. The lowest BCUT2D eigenvalue weighted by Crippen LogP contribution is -2.42. The van der Waals surface area contributed by atoms with Gasteiger partial charge in [0.1, 0.15) is 45.8 Å². The number of fused-ring (bicyclic) bond motifs is 1. The maximum atomic E-state index is 13.1. The highest BCUT2D eigenvalue weighted by molar-refractivity contribution is 7.90. The van der Waals surface area contributed by atoms with Crippen LogP contribution < -0.4 is 39.8 Å². The molecular formula is C50H48ClF3N8O15S. The van der Waals surface area contributed by atoms with E-state index in [9.17, 15) is 50.4 Å². The van der Waals surface area contributed by atoms with Crippen LogP contribution in [0.15, 0.2) is 118 Å². The summed E-state index contributed by atoms with van der Waals surface area (Å²) < 4.78 is 93.0. The van der Waals surface area contributed by atoms with E-state index in [1.807, 2.05) is 25.1 Å². The molecule has 1 unspecified atom stereocenters. The van der Waals surface area contributed by atoms with Crippen molar-refractivity contribution in [2.45, 2.75) is 51.0 Å². The zero-order valence-electron chi connectivity index (χ0n) is 42.3. The fraction of sp³-hybridized carbons (Fsp3) is 0.240. The third-order valence-electron chi connectivity index (χ3n) is 10.6. The second-order valence-electron chi connectivity index (χ2n) is 16.0. The number of halogens is 4. The van der Waals surface area contributed by atoms with Crippen LogP contribution in [0.1, 0.15) is 46.9 Å². The van der Waals surface area contributed by atoms with Crippen LogP contribution in [0.2, 0.25) is 5.02 Å². The summed E-state index contributed by atoms with van der Waals surface area (Å²) >= 11 is 5.98. The molecule has 4 aromatic carbocycles. The summed E-state index contributed by atoms with van der Waals surface area (Å²) in [5.41, 5.74) is -1.70. The molecule has 3 N–H and O–H groups in total. The highest BCUT2D eigenvalue weighted by atomic mass is 35.5. The lowest BCUT2D eigenvalue weighted by atomic mass is 10.1. The van der Waals surface area contributed by atoms with Crippen LogP contribution in [-0.2, 0) is 50.6 Å². The summed E-state index contributed by atoms with van der Waals surface area (Å²) in [6.07, 6.45) is -3.30. The maximum absolute atomic E-state index is 13.1. The zero-order valence-corrected chi connectivity index (χ0v) is 43.8. The van der Waals surface area contributed by atoms with Gasteiger partial charge in [0.05, 0.1) is 30.5 Å². The van der Waals surface area contributed by atoms with E-state index < -0.39 is 80.3 Å². The monoisotopic (exact) mass is 1120 g/mol. The molecule has 0 bridgehead atoms. The van der Waals surface area contributed by atoms with Gasteiger partial charge in [0, 0.05) is 37.3 Å². The normalized spacial score (nSPS) is 11.4. The van der Waals surface area contributed by atoms with Gasteiger partial charge in [0.15, 0.2) is 12.7 Å². The Morgan fingerprint density at radius 2 is 1.58 bits per heavy atom. The van der Waals surface area contributed by atoms with E-state index in [1.54, 1.807) is 49.0 Å². The Morgan fingerprint density at radius 3 is 2.21 bits per heavy atom. The molecule has 0 aliphatic carbocycles. The van der Waals surface area contributed by atoms with E-state index >= 15 is 0 Å². The average molecular weight is 1130 g/mol. The van der Waals surface area contributed by atoms with Crippen molar-refractivity contribution in [1.82, 2.24) is 33.8 Å². The molecule has 0 saturated carbocycles. The molecule has 0 aliphatic heterocycles. The van der Waals surface area contributed by atoms with Gasteiger partial charge in [-0.15, -0.1) is 0 Å². The van der Waals surface area contributed by atoms with Gasteiger partial charge in [-0.2, -0.15) is 28.1 Å². The Kier molecular flexibility index (Phi) is 20.0. The van der Waals surface area contributed by atoms with Crippen LogP contribution in [0.3, 0.4) is 0 Å². The number of aromatic nitrogens is 6. The van der Waals surface area contributed by atoms with Crippen molar-refractivity contribution < 1.29 is 74.7 Å². The van der Waals surface area contributed by atoms with Crippen molar-refractivity contribution in [3.8, 4) is 28.9 Å². The molecule has 7 rings (SSSR count). The predicted octanol–water partition coefficient (Wildman–Crippen LogP) is 6.41. The number of amides is 2. The second kappa shape index (κ2) is 26.1. The first kappa shape index (κ1) is 59.8. The van der Waals surface area contributed by atoms with Gasteiger partial charge in [0.25, 0.3) is 15.6 Å². The molecule has 78 heavy (non-hydrogen) atoms. The van der Waals surface area contributed by atoms with Gasteiger partial charge < -0.3 is 33.9 Å². The molecule has 28 heteroatoms. The first-order valence-electron chi connectivity index (χ1n) is 22.6. The molecule has 0 spiro atoms. The number of aromatic carboxylic acids is 1. The van der Waals surface area contributed by atoms with Crippen LogP contribution in [0.4, 0.5) is 23.9 Å². The lowest BCUT2D eigenvalue weighted by Gasteiger charge is -2.17. The van der Waals surface area contributed by atoms with Crippen LogP contribution in [0.5, 0.6) is 23.3 Å². The number of methoxy groups -OCH3 is 2. The van der Waals surface area contributed by atoms with Crippen molar-refractivity contribution >= 4 is 62.4 Å². The number of benzene rings is 4. The molecule has 23 nitrogen and oxygen atoms in total. The summed E-state index contributed by atoms with van der Waals surface area (Å²) in [4.78, 5) is 86.4. The van der Waals surface area contributed by atoms with Gasteiger partial charge in [-0.3, -0.25) is 19.2 Å². The standard InChI is InChI=1S/C25H25F3N2O6.C14H15N5O6S.C11H8ClNO3/c1-5-16-6-7-17(20(12-16)36-15(2)23(32)34-4)14-35-19-10-8-18(9-11-19)30-22(31)13-21(25(26,27)28)29(3)24(30)33;1-8-15-12(17-13(16-8)25-3)19(2)14(22)18-26(23,24)10-7-5-4-6-9(10)11(20)21;12-8-3-4-9(16-6-10(14)15)11-7(8)2-1-5-13-11/h6-13,15H,5,14H2,1-4H3;4-7H,1-3H3,(H,18,22)(H,20,21);1-5H,6H2,(H,14,15). The molecule has 412 valence electrons. The third kappa shape index (κ3) is 15.3. The number of aliphatic carboxylic acids is 1. The summed E-state index contributed by atoms with van der Waals surface area (Å²) in [6, 6.07) is 22.3. The Bertz CT molecular complexity index is 3580. The number of alkyl halides is 3. The Hall–Kier alpha value is -9.11. The second-order valence-corrected chi connectivity index (χ2v) is 18.0. The SMILES string of the molecule is CCc1ccc(COc2ccc(-n3c(=O)cc(C(F)(F)F)n(C)c3=O)cc2)c(OC(C)C(=O)OC)c1.COc1nc(C)nc(N(C)C(=O)NS(=O)(=O)c2ccccc2C(=O)O)n1.O=C(O)COc1ccc(Cl)c2cccnc12. The summed E-state index contributed by atoms with van der Waals surface area (Å²) in [5, 5.41) is 18.9. The van der Waals surface area contributed by atoms with Crippen molar-refractivity contribution in [3.63, 3.8) is 0 Å². The summed E-state index contributed by atoms with van der Waals surface area (Å²) in [7, 11) is 0.343. The van der Waals surface area contributed by atoms with E-state index in [0.29, 0.717) is 48.6 Å². The molecule has 2 amide bonds. The van der Waals surface area contributed by atoms with E-state index in [2.05, 4.69) is 19.9 Å². The van der Waals surface area contributed by atoms with Crippen LogP contribution in [0, 0.1) is 6.92 Å². The Morgan fingerprint density at radius 1 is 0.885 bits per heavy atom. The van der Waals surface area contributed by atoms with E-state index in [1.165, 1.54) is 57.7 Å². The average Bonchev–Trinajstić information content (AvgIpc) is 3.45. The van der Waals surface area contributed by atoms with Crippen molar-refractivity contribution in [2.75, 3.05) is 32.8 Å². The number of carboxylic acid groups (broad SMARTS) is 2. The number of rotatable bonds is 16. The summed E-state index contributed by atoms with van der Waals surface area (Å²) in [5.74, 6) is -1.63. The van der Waals surface area contributed by atoms with Crippen molar-refractivity contribution in [1.29, 1.82) is 0 Å². The van der Waals surface area contributed by atoms with Gasteiger partial charge in [-0.05, 0) is 92.6 Å². The number of hydrogen-bond donors (Lipinski definition) is 3. The first-order valence-corrected chi connectivity index (χ1v) is 24.4. The highest BCUT2D eigenvalue weighted by Crippen LogP contribution is 2.30. The number of nitrogens with one attached hydrogen (secondary N) is 1. The van der Waals surface area contributed by atoms with Gasteiger partial charge in [-0.1, -0.05) is 42.8 Å². The lowest BCUT2D eigenvalue weighted by molar-refractivity contribution is -0.148. The molecule has 0 saturated heterocycles. The van der Waals surface area contributed by atoms with Gasteiger partial charge in [0.2, 0.25) is 5.95 Å². The number of esters is 1. The molecule has 1 atom stereocenters. The number of sulfonamides is 1. The molecule has 3 heterocycles. The number of carbonyl (C=O) groups excluding carboxylic acids is 2. The van der Waals surface area contributed by atoms with E-state index in [0.717, 1.165) is 41.5 Å². The molecule has 0 aliphatic rings. The number of carbonyl (C=O) groups is 4. The molecule has 0 fully saturated rings.